The second-order valence-electron chi connectivity index (χ2n) is 9.41. The zero-order valence-corrected chi connectivity index (χ0v) is 20.0. The minimum Gasteiger partial charge on any atom is -0.450 e. The number of allylic oxidation sites excluding steroid dienone is 3. The van der Waals surface area contributed by atoms with Crippen LogP contribution in [0.15, 0.2) is 34.1 Å². The monoisotopic (exact) mass is 462 g/mol. The first-order valence-corrected chi connectivity index (χ1v) is 10.8. The van der Waals surface area contributed by atoms with Crippen LogP contribution in [-0.4, -0.2) is 54.9 Å². The van der Waals surface area contributed by atoms with E-state index < -0.39 is 42.5 Å². The van der Waals surface area contributed by atoms with Crippen LogP contribution in [0.25, 0.3) is 0 Å². The van der Waals surface area contributed by atoms with Gasteiger partial charge in [0.15, 0.2) is 18.0 Å². The number of esters is 3. The Hall–Kier alpha value is -2.78. The van der Waals surface area contributed by atoms with Crippen LogP contribution in [0.4, 0.5) is 0 Å². The summed E-state index contributed by atoms with van der Waals surface area (Å²) >= 11 is 0. The van der Waals surface area contributed by atoms with Crippen molar-refractivity contribution in [3.05, 3.63) is 34.1 Å². The maximum Gasteiger partial charge on any atom is 0.375 e. The summed E-state index contributed by atoms with van der Waals surface area (Å²) in [5.41, 5.74) is 2.57. The van der Waals surface area contributed by atoms with Gasteiger partial charge >= 0.3 is 17.9 Å². The Morgan fingerprint density at radius 2 is 1.79 bits per heavy atom. The molecule has 0 saturated carbocycles. The average Bonchev–Trinajstić information content (AvgIpc) is 3.29. The van der Waals surface area contributed by atoms with E-state index in [1.807, 2.05) is 33.8 Å². The fraction of sp³-hybridized carbons (Fsp3) is 0.583. The SMILES string of the molecule is CC(=O)OC1=C(C)[C@@H]([C@@H]2COC(C(=O)OC3CC(C)(C)C(C=C(C)C)=C(C)C3=O)O2)OC1=O. The number of ether oxygens (including phenoxy) is 5. The Bertz CT molecular complexity index is 978. The Kier molecular flexibility index (Phi) is 6.95. The lowest BCUT2D eigenvalue weighted by molar-refractivity contribution is -0.184. The summed E-state index contributed by atoms with van der Waals surface area (Å²) < 4.78 is 26.7. The fourth-order valence-electron chi connectivity index (χ4n) is 4.30. The Morgan fingerprint density at radius 3 is 2.39 bits per heavy atom. The number of rotatable bonds is 5. The fourth-order valence-corrected chi connectivity index (χ4v) is 4.30. The Morgan fingerprint density at radius 1 is 1.12 bits per heavy atom. The predicted octanol–water partition coefficient (Wildman–Crippen LogP) is 2.68. The van der Waals surface area contributed by atoms with E-state index in [0.29, 0.717) is 17.6 Å². The van der Waals surface area contributed by atoms with Crippen molar-refractivity contribution in [1.82, 2.24) is 0 Å². The summed E-state index contributed by atoms with van der Waals surface area (Å²) in [6.45, 7) is 12.4. The van der Waals surface area contributed by atoms with Crippen LogP contribution in [-0.2, 0) is 42.9 Å². The molecule has 33 heavy (non-hydrogen) atoms. The van der Waals surface area contributed by atoms with Crippen molar-refractivity contribution in [2.75, 3.05) is 6.61 Å². The highest BCUT2D eigenvalue weighted by atomic mass is 16.8. The van der Waals surface area contributed by atoms with Gasteiger partial charge in [0.2, 0.25) is 5.76 Å². The molecule has 9 heteroatoms. The van der Waals surface area contributed by atoms with E-state index in [1.54, 1.807) is 13.8 Å². The minimum absolute atomic E-state index is 0.0455. The lowest BCUT2D eigenvalue weighted by Crippen LogP contribution is -2.41. The third-order valence-electron chi connectivity index (χ3n) is 5.87. The average molecular weight is 462 g/mol. The molecular formula is C24H30O9. The summed E-state index contributed by atoms with van der Waals surface area (Å²) in [4.78, 5) is 48.8. The molecule has 1 fully saturated rings. The molecule has 9 nitrogen and oxygen atoms in total. The summed E-state index contributed by atoms with van der Waals surface area (Å²) in [6, 6.07) is 0. The molecule has 1 aliphatic carbocycles. The summed E-state index contributed by atoms with van der Waals surface area (Å²) in [5.74, 6) is -2.70. The van der Waals surface area contributed by atoms with Gasteiger partial charge in [-0.3, -0.25) is 9.59 Å². The first-order valence-electron chi connectivity index (χ1n) is 10.8. The van der Waals surface area contributed by atoms with Crippen LogP contribution >= 0.6 is 0 Å². The smallest absolute Gasteiger partial charge is 0.375 e. The molecule has 0 aromatic carbocycles. The molecule has 1 saturated heterocycles. The van der Waals surface area contributed by atoms with Crippen LogP contribution < -0.4 is 0 Å². The molecule has 0 amide bonds. The van der Waals surface area contributed by atoms with Crippen LogP contribution in [0.3, 0.4) is 0 Å². The molecule has 0 aromatic heterocycles. The van der Waals surface area contributed by atoms with Crippen molar-refractivity contribution in [2.24, 2.45) is 5.41 Å². The van der Waals surface area contributed by atoms with Gasteiger partial charge in [-0.05, 0) is 44.3 Å². The zero-order valence-electron chi connectivity index (χ0n) is 20.0. The van der Waals surface area contributed by atoms with Gasteiger partial charge in [-0.25, -0.2) is 9.59 Å². The molecular weight excluding hydrogens is 432 g/mol. The first-order chi connectivity index (χ1) is 15.3. The van der Waals surface area contributed by atoms with E-state index in [4.69, 9.17) is 23.7 Å². The van der Waals surface area contributed by atoms with Crippen LogP contribution in [0.2, 0.25) is 0 Å². The normalized spacial score (nSPS) is 29.2. The van der Waals surface area contributed by atoms with Gasteiger partial charge in [0.1, 0.15) is 6.10 Å². The lowest BCUT2D eigenvalue weighted by atomic mass is 9.70. The molecule has 0 aromatic rings. The van der Waals surface area contributed by atoms with Crippen LogP contribution in [0, 0.1) is 5.41 Å². The lowest BCUT2D eigenvalue weighted by Gasteiger charge is -2.36. The molecule has 4 atom stereocenters. The van der Waals surface area contributed by atoms with Crippen molar-refractivity contribution in [3.8, 4) is 0 Å². The first kappa shape index (κ1) is 24.9. The van der Waals surface area contributed by atoms with Crippen molar-refractivity contribution in [2.45, 2.75) is 79.5 Å². The third kappa shape index (κ3) is 5.09. The minimum atomic E-state index is -1.36. The van der Waals surface area contributed by atoms with Crippen LogP contribution in [0.1, 0.15) is 54.9 Å². The quantitative estimate of drug-likeness (QED) is 0.449. The maximum absolute atomic E-state index is 12.9. The highest BCUT2D eigenvalue weighted by Gasteiger charge is 2.47. The molecule has 2 unspecified atom stereocenters. The van der Waals surface area contributed by atoms with Gasteiger partial charge in [-0.15, -0.1) is 0 Å². The van der Waals surface area contributed by atoms with Gasteiger partial charge in [0.05, 0.1) is 6.61 Å². The van der Waals surface area contributed by atoms with Crippen LogP contribution in [0.5, 0.6) is 0 Å². The molecule has 0 bridgehead atoms. The summed E-state index contributed by atoms with van der Waals surface area (Å²) in [6.07, 6.45) is -1.64. The molecule has 0 radical (unpaired) electrons. The number of hydrogen-bond acceptors (Lipinski definition) is 9. The van der Waals surface area contributed by atoms with E-state index in [9.17, 15) is 19.2 Å². The van der Waals surface area contributed by atoms with Gasteiger partial charge in [0, 0.05) is 18.9 Å². The van der Waals surface area contributed by atoms with Gasteiger partial charge < -0.3 is 23.7 Å². The van der Waals surface area contributed by atoms with Gasteiger partial charge in [-0.1, -0.05) is 25.5 Å². The summed E-state index contributed by atoms with van der Waals surface area (Å²) in [5, 5.41) is 0. The highest BCUT2D eigenvalue weighted by Crippen LogP contribution is 2.41. The van der Waals surface area contributed by atoms with Gasteiger partial charge in [-0.2, -0.15) is 0 Å². The zero-order chi connectivity index (χ0) is 24.7. The highest BCUT2D eigenvalue weighted by molar-refractivity contribution is 6.01. The number of cyclic esters (lactones) is 1. The Labute approximate surface area is 192 Å². The molecule has 180 valence electrons. The second-order valence-corrected chi connectivity index (χ2v) is 9.41. The van der Waals surface area contributed by atoms with E-state index in [0.717, 1.165) is 11.1 Å². The van der Waals surface area contributed by atoms with E-state index >= 15 is 0 Å². The van der Waals surface area contributed by atoms with Crippen molar-refractivity contribution in [3.63, 3.8) is 0 Å². The van der Waals surface area contributed by atoms with Crippen molar-refractivity contribution >= 4 is 23.7 Å². The maximum atomic E-state index is 12.9. The van der Waals surface area contributed by atoms with E-state index in [1.165, 1.54) is 6.92 Å². The van der Waals surface area contributed by atoms with Gasteiger partial charge in [0.25, 0.3) is 6.29 Å². The van der Waals surface area contributed by atoms with Crippen molar-refractivity contribution in [1.29, 1.82) is 0 Å². The standard InChI is InChI=1S/C24H30O9/c1-11(2)8-15-12(3)18(26)16(9-24(15,6)7)31-22(28)23-29-10-17(32-23)19-13(4)20(21(27)33-19)30-14(5)25/h8,16-17,19,23H,9-10H2,1-7H3/t16?,17-,19-,23?/m0/s1. The van der Waals surface area contributed by atoms with Crippen molar-refractivity contribution < 1.29 is 42.9 Å². The number of carbonyl (C=O) groups excluding carboxylic acids is 4. The largest absolute Gasteiger partial charge is 0.450 e. The molecule has 3 rings (SSSR count). The predicted molar refractivity (Wildman–Crippen MR) is 114 cm³/mol. The molecule has 0 spiro atoms. The topological polar surface area (TPSA) is 114 Å². The number of hydrogen-bond donors (Lipinski definition) is 0. The third-order valence-corrected chi connectivity index (χ3v) is 5.87. The van der Waals surface area contributed by atoms with E-state index in [-0.39, 0.29) is 23.6 Å². The number of Topliss-reactive ketones (excluding diaryl/α,β-unsaturated/α-hetero) is 1. The molecule has 0 N–H and O–H groups in total. The molecule has 2 aliphatic heterocycles. The number of ketones is 1. The Balaban J connectivity index is 1.67. The second kappa shape index (κ2) is 9.23. The molecule has 2 heterocycles. The van der Waals surface area contributed by atoms with E-state index in [2.05, 4.69) is 0 Å². The summed E-state index contributed by atoms with van der Waals surface area (Å²) in [7, 11) is 0. The molecule has 3 aliphatic rings. The number of carbonyl (C=O) groups is 4.